The lowest BCUT2D eigenvalue weighted by molar-refractivity contribution is -0.133. The standard InChI is InChI=1S/C24H31FN4O4/c1-15(30)26-20-18-13-16(25)9-10-19(18)28-14-24(2,23(32)27-17-7-4-5-8-17)29(11-6-12-33-3)22(31)21(20)28/h9-10,13,17H,4-8,11-12,14H2,1-3H3,(H,26,30)(H,27,32). The highest BCUT2D eigenvalue weighted by atomic mass is 19.1. The Labute approximate surface area is 192 Å². The number of fused-ring (bicyclic) bond motifs is 3. The van der Waals surface area contributed by atoms with Gasteiger partial charge < -0.3 is 24.8 Å². The first-order valence-corrected chi connectivity index (χ1v) is 11.5. The number of benzene rings is 1. The van der Waals surface area contributed by atoms with Gasteiger partial charge in [-0.1, -0.05) is 12.8 Å². The lowest BCUT2D eigenvalue weighted by atomic mass is 9.93. The zero-order valence-electron chi connectivity index (χ0n) is 19.4. The molecule has 1 atom stereocenters. The summed E-state index contributed by atoms with van der Waals surface area (Å²) < 4.78 is 21.0. The molecular weight excluding hydrogens is 427 g/mol. The Morgan fingerprint density at radius 2 is 2.00 bits per heavy atom. The van der Waals surface area contributed by atoms with E-state index in [0.29, 0.717) is 30.5 Å². The van der Waals surface area contributed by atoms with Crippen molar-refractivity contribution in [2.75, 3.05) is 25.6 Å². The molecule has 0 bridgehead atoms. The quantitative estimate of drug-likeness (QED) is 0.624. The maximum absolute atomic E-state index is 14.1. The summed E-state index contributed by atoms with van der Waals surface area (Å²) in [6.07, 6.45) is 4.58. The predicted molar refractivity (Wildman–Crippen MR) is 123 cm³/mol. The monoisotopic (exact) mass is 458 g/mol. The summed E-state index contributed by atoms with van der Waals surface area (Å²) in [6.45, 7) is 4.07. The van der Waals surface area contributed by atoms with Gasteiger partial charge >= 0.3 is 0 Å². The van der Waals surface area contributed by atoms with E-state index in [2.05, 4.69) is 10.6 Å². The summed E-state index contributed by atoms with van der Waals surface area (Å²) in [5, 5.41) is 6.30. The van der Waals surface area contributed by atoms with Crippen molar-refractivity contribution in [3.8, 4) is 0 Å². The minimum atomic E-state index is -1.14. The van der Waals surface area contributed by atoms with Crippen LogP contribution in [0.5, 0.6) is 0 Å². The summed E-state index contributed by atoms with van der Waals surface area (Å²) >= 11 is 0. The number of hydrogen-bond acceptors (Lipinski definition) is 4. The van der Waals surface area contributed by atoms with Crippen molar-refractivity contribution in [3.05, 3.63) is 29.7 Å². The molecule has 1 saturated carbocycles. The largest absolute Gasteiger partial charge is 0.385 e. The molecule has 2 aromatic rings. The molecule has 0 radical (unpaired) electrons. The van der Waals surface area contributed by atoms with E-state index in [0.717, 1.165) is 25.7 Å². The van der Waals surface area contributed by atoms with Gasteiger partial charge in [0, 0.05) is 38.6 Å². The summed E-state index contributed by atoms with van der Waals surface area (Å²) in [7, 11) is 1.59. The van der Waals surface area contributed by atoms with Crippen LogP contribution in [0.25, 0.3) is 10.9 Å². The average Bonchev–Trinajstić information content (AvgIpc) is 3.36. The van der Waals surface area contributed by atoms with Crippen LogP contribution in [-0.4, -0.2) is 59.0 Å². The number of methoxy groups -OCH3 is 1. The van der Waals surface area contributed by atoms with Crippen molar-refractivity contribution >= 4 is 34.3 Å². The van der Waals surface area contributed by atoms with Gasteiger partial charge in [0.1, 0.15) is 17.1 Å². The van der Waals surface area contributed by atoms with Crippen LogP contribution in [0.3, 0.4) is 0 Å². The number of nitrogens with zero attached hydrogens (tertiary/aromatic N) is 2. The topological polar surface area (TPSA) is 92.7 Å². The first kappa shape index (κ1) is 23.2. The highest BCUT2D eigenvalue weighted by Crippen LogP contribution is 2.39. The lowest BCUT2D eigenvalue weighted by Gasteiger charge is -2.44. The maximum Gasteiger partial charge on any atom is 0.273 e. The third-order valence-electron chi connectivity index (χ3n) is 6.75. The second-order valence-electron chi connectivity index (χ2n) is 9.18. The smallest absolute Gasteiger partial charge is 0.273 e. The van der Waals surface area contributed by atoms with Crippen LogP contribution in [0.2, 0.25) is 0 Å². The van der Waals surface area contributed by atoms with E-state index in [4.69, 9.17) is 4.74 Å². The van der Waals surface area contributed by atoms with Gasteiger partial charge in [-0.3, -0.25) is 14.4 Å². The second kappa shape index (κ2) is 9.13. The second-order valence-corrected chi connectivity index (χ2v) is 9.18. The van der Waals surface area contributed by atoms with Crippen molar-refractivity contribution < 1.29 is 23.5 Å². The van der Waals surface area contributed by atoms with Gasteiger partial charge in [0.2, 0.25) is 11.8 Å². The number of carbonyl (C=O) groups is 3. The van der Waals surface area contributed by atoms with Crippen LogP contribution >= 0.6 is 0 Å². The lowest BCUT2D eigenvalue weighted by Crippen LogP contribution is -2.65. The van der Waals surface area contributed by atoms with Crippen molar-refractivity contribution in [1.82, 2.24) is 14.8 Å². The molecule has 1 aliphatic heterocycles. The molecule has 1 aromatic heterocycles. The third kappa shape index (κ3) is 4.21. The van der Waals surface area contributed by atoms with E-state index in [1.54, 1.807) is 29.6 Å². The molecular formula is C24H31FN4O4. The molecule has 8 nitrogen and oxygen atoms in total. The van der Waals surface area contributed by atoms with Crippen LogP contribution in [0.15, 0.2) is 18.2 Å². The molecule has 9 heteroatoms. The number of amides is 3. The van der Waals surface area contributed by atoms with E-state index >= 15 is 0 Å². The first-order valence-electron chi connectivity index (χ1n) is 11.5. The number of rotatable bonds is 7. The van der Waals surface area contributed by atoms with Crippen LogP contribution in [0, 0.1) is 5.82 Å². The Bertz CT molecular complexity index is 1090. The normalized spacial score (nSPS) is 20.8. The molecule has 2 heterocycles. The van der Waals surface area contributed by atoms with Gasteiger partial charge in [-0.15, -0.1) is 0 Å². The Kier molecular flexibility index (Phi) is 6.43. The molecule has 2 aliphatic rings. The van der Waals surface area contributed by atoms with Gasteiger partial charge in [0.25, 0.3) is 5.91 Å². The van der Waals surface area contributed by atoms with Crippen molar-refractivity contribution in [3.63, 3.8) is 0 Å². The number of halogens is 1. The molecule has 33 heavy (non-hydrogen) atoms. The van der Waals surface area contributed by atoms with Crippen molar-refractivity contribution in [2.24, 2.45) is 0 Å². The summed E-state index contributed by atoms with van der Waals surface area (Å²) in [5.74, 6) is -1.40. The fourth-order valence-corrected chi connectivity index (χ4v) is 5.08. The Morgan fingerprint density at radius 3 is 2.67 bits per heavy atom. The maximum atomic E-state index is 14.1. The average molecular weight is 459 g/mol. The summed E-state index contributed by atoms with van der Waals surface area (Å²) in [6, 6.07) is 4.32. The van der Waals surface area contributed by atoms with Gasteiger partial charge in [-0.2, -0.15) is 0 Å². The number of aromatic nitrogens is 1. The molecule has 178 valence electrons. The molecule has 3 amide bonds. The molecule has 0 saturated heterocycles. The van der Waals surface area contributed by atoms with E-state index in [9.17, 15) is 18.8 Å². The van der Waals surface area contributed by atoms with Crippen molar-refractivity contribution in [2.45, 2.75) is 64.1 Å². The SMILES string of the molecule is COCCCN1C(=O)c2c(NC(C)=O)c3cc(F)ccc3n2CC1(C)C(=O)NC1CCCC1. The molecule has 1 fully saturated rings. The van der Waals surface area contributed by atoms with Gasteiger partial charge in [-0.25, -0.2) is 4.39 Å². The molecule has 2 N–H and O–H groups in total. The molecule has 0 spiro atoms. The van der Waals surface area contributed by atoms with Gasteiger partial charge in [0.15, 0.2) is 0 Å². The fraction of sp³-hybridized carbons (Fsp3) is 0.542. The number of ether oxygens (including phenoxy) is 1. The third-order valence-corrected chi connectivity index (χ3v) is 6.75. The Hall–Kier alpha value is -2.94. The number of carbonyl (C=O) groups excluding carboxylic acids is 3. The number of hydrogen-bond donors (Lipinski definition) is 2. The van der Waals surface area contributed by atoms with E-state index in [1.165, 1.54) is 19.1 Å². The molecule has 1 aliphatic carbocycles. The van der Waals surface area contributed by atoms with Gasteiger partial charge in [-0.05, 0) is 44.4 Å². The number of anilines is 1. The van der Waals surface area contributed by atoms with Gasteiger partial charge in [0.05, 0.1) is 17.7 Å². The highest BCUT2D eigenvalue weighted by Gasteiger charge is 2.49. The summed E-state index contributed by atoms with van der Waals surface area (Å²) in [5.41, 5.74) is -0.0138. The van der Waals surface area contributed by atoms with Crippen molar-refractivity contribution in [1.29, 1.82) is 0 Å². The van der Waals surface area contributed by atoms with Crippen LogP contribution in [-0.2, 0) is 20.9 Å². The van der Waals surface area contributed by atoms with Crippen LogP contribution < -0.4 is 10.6 Å². The van der Waals surface area contributed by atoms with E-state index in [1.807, 2.05) is 0 Å². The molecule has 4 rings (SSSR count). The van der Waals surface area contributed by atoms with Crippen LogP contribution in [0.1, 0.15) is 56.4 Å². The summed E-state index contributed by atoms with van der Waals surface area (Å²) in [4.78, 5) is 40.9. The van der Waals surface area contributed by atoms with Crippen LogP contribution in [0.4, 0.5) is 10.1 Å². The Balaban J connectivity index is 1.82. The minimum absolute atomic E-state index is 0.108. The Morgan fingerprint density at radius 1 is 1.27 bits per heavy atom. The van der Waals surface area contributed by atoms with E-state index < -0.39 is 11.4 Å². The zero-order chi connectivity index (χ0) is 23.8. The number of nitrogens with one attached hydrogen (secondary N) is 2. The zero-order valence-corrected chi connectivity index (χ0v) is 19.4. The first-order chi connectivity index (χ1) is 15.8. The fourth-order valence-electron chi connectivity index (χ4n) is 5.08. The highest BCUT2D eigenvalue weighted by molar-refractivity contribution is 6.14. The minimum Gasteiger partial charge on any atom is -0.385 e. The predicted octanol–water partition coefficient (Wildman–Crippen LogP) is 3.05. The molecule has 1 aromatic carbocycles. The molecule has 1 unspecified atom stereocenters. The van der Waals surface area contributed by atoms with E-state index in [-0.39, 0.29) is 41.7 Å².